The third-order valence-electron chi connectivity index (χ3n) is 4.51. The van der Waals surface area contributed by atoms with Gasteiger partial charge in [0.05, 0.1) is 17.3 Å². The maximum Gasteiger partial charge on any atom is 0.308 e. The van der Waals surface area contributed by atoms with Crippen molar-refractivity contribution in [1.82, 2.24) is 0 Å². The van der Waals surface area contributed by atoms with E-state index in [4.69, 9.17) is 13.9 Å². The fourth-order valence-electron chi connectivity index (χ4n) is 3.26. The molecule has 0 unspecified atom stereocenters. The van der Waals surface area contributed by atoms with Gasteiger partial charge in [-0.2, -0.15) is 5.10 Å². The summed E-state index contributed by atoms with van der Waals surface area (Å²) >= 11 is 0. The maximum atomic E-state index is 13.3. The number of para-hydroxylation sites is 1. The van der Waals surface area contributed by atoms with Crippen molar-refractivity contribution < 1.29 is 27.9 Å². The summed E-state index contributed by atoms with van der Waals surface area (Å²) in [7, 11) is 0. The average Bonchev–Trinajstić information content (AvgIpc) is 2.73. The van der Waals surface area contributed by atoms with Crippen molar-refractivity contribution in [3.63, 3.8) is 0 Å². The number of hydrazone groups is 1. The van der Waals surface area contributed by atoms with Crippen molar-refractivity contribution in [2.24, 2.45) is 5.10 Å². The Hall–Kier alpha value is -4.53. The third kappa shape index (κ3) is 4.72. The molecular formula is C24H17FN2O6. The molecule has 9 heteroatoms. The summed E-state index contributed by atoms with van der Waals surface area (Å²) in [6, 6.07) is 13.3. The number of anilines is 1. The van der Waals surface area contributed by atoms with Gasteiger partial charge in [-0.25, -0.2) is 4.39 Å². The Morgan fingerprint density at radius 3 is 2.52 bits per heavy atom. The van der Waals surface area contributed by atoms with Crippen molar-refractivity contribution in [1.29, 1.82) is 0 Å². The molecular weight excluding hydrogens is 431 g/mol. The molecule has 0 saturated carbocycles. The molecule has 0 radical (unpaired) electrons. The predicted molar refractivity (Wildman–Crippen MR) is 120 cm³/mol. The number of carbonyl (C=O) groups is 2. The number of rotatable bonds is 5. The van der Waals surface area contributed by atoms with Gasteiger partial charge < -0.3 is 13.9 Å². The molecule has 1 aromatic heterocycles. The molecule has 0 atom stereocenters. The SMILES string of the molecule is CC(=O)Oc1cc(OC(C)=O)c2c(=O)c3cccc(/C=N/Nc4cccc(F)c4)c3oc2c1. The Bertz CT molecular complexity index is 1490. The van der Waals surface area contributed by atoms with Crippen LogP contribution in [0.4, 0.5) is 10.1 Å². The highest BCUT2D eigenvalue weighted by Gasteiger charge is 2.18. The van der Waals surface area contributed by atoms with Gasteiger partial charge in [0.1, 0.15) is 33.9 Å². The number of ether oxygens (including phenoxy) is 2. The largest absolute Gasteiger partial charge is 0.455 e. The van der Waals surface area contributed by atoms with Gasteiger partial charge in [-0.1, -0.05) is 12.1 Å². The first-order chi connectivity index (χ1) is 15.8. The Labute approximate surface area is 186 Å². The molecule has 1 heterocycles. The number of nitrogens with one attached hydrogen (secondary N) is 1. The fraction of sp³-hybridized carbons (Fsp3) is 0.0833. The van der Waals surface area contributed by atoms with E-state index in [-0.39, 0.29) is 33.4 Å². The Morgan fingerprint density at radius 1 is 1.03 bits per heavy atom. The summed E-state index contributed by atoms with van der Waals surface area (Å²) in [6.07, 6.45) is 1.42. The summed E-state index contributed by atoms with van der Waals surface area (Å²) in [6.45, 7) is 2.40. The summed E-state index contributed by atoms with van der Waals surface area (Å²) in [5.41, 5.74) is 3.44. The standard InChI is InChI=1S/C24H17FN2O6/c1-13(28)31-18-10-20(32-14(2)29)22-21(11-18)33-24-15(5-3-8-19(24)23(22)30)12-26-27-17-7-4-6-16(25)9-17/h3-12,27H,1-2H3/b26-12+. The van der Waals surface area contributed by atoms with E-state index in [0.717, 1.165) is 0 Å². The Kier molecular flexibility index (Phi) is 5.86. The zero-order valence-electron chi connectivity index (χ0n) is 17.5. The van der Waals surface area contributed by atoms with Crippen LogP contribution in [-0.2, 0) is 9.59 Å². The summed E-state index contributed by atoms with van der Waals surface area (Å²) in [5, 5.41) is 4.34. The van der Waals surface area contributed by atoms with Crippen molar-refractivity contribution >= 4 is 45.8 Å². The topological polar surface area (TPSA) is 107 Å². The number of nitrogens with zero attached hydrogens (tertiary/aromatic N) is 1. The van der Waals surface area contributed by atoms with Crippen LogP contribution in [0.25, 0.3) is 21.9 Å². The van der Waals surface area contributed by atoms with E-state index in [1.54, 1.807) is 24.3 Å². The van der Waals surface area contributed by atoms with E-state index in [1.807, 2.05) is 0 Å². The Balaban J connectivity index is 1.85. The first kappa shape index (κ1) is 21.7. The molecule has 3 aromatic carbocycles. The summed E-state index contributed by atoms with van der Waals surface area (Å²) in [4.78, 5) is 36.2. The molecule has 0 aliphatic rings. The van der Waals surface area contributed by atoms with Gasteiger partial charge in [0, 0.05) is 31.5 Å². The maximum absolute atomic E-state index is 13.3. The molecule has 33 heavy (non-hydrogen) atoms. The highest BCUT2D eigenvalue weighted by atomic mass is 19.1. The van der Waals surface area contributed by atoms with E-state index < -0.39 is 23.2 Å². The van der Waals surface area contributed by atoms with Gasteiger partial charge in [-0.15, -0.1) is 0 Å². The number of carbonyl (C=O) groups excluding carboxylic acids is 2. The summed E-state index contributed by atoms with van der Waals surface area (Å²) in [5.74, 6) is -1.70. The molecule has 0 fully saturated rings. The zero-order valence-corrected chi connectivity index (χ0v) is 17.5. The number of benzene rings is 3. The summed E-state index contributed by atoms with van der Waals surface area (Å²) < 4.78 is 29.6. The van der Waals surface area contributed by atoms with Crippen molar-refractivity contribution in [2.45, 2.75) is 13.8 Å². The van der Waals surface area contributed by atoms with Gasteiger partial charge in [0.15, 0.2) is 0 Å². The van der Waals surface area contributed by atoms with Crippen molar-refractivity contribution in [2.75, 3.05) is 5.43 Å². The normalized spacial score (nSPS) is 11.1. The first-order valence-electron chi connectivity index (χ1n) is 9.77. The van der Waals surface area contributed by atoms with E-state index in [2.05, 4.69) is 10.5 Å². The van der Waals surface area contributed by atoms with Crippen LogP contribution in [0.5, 0.6) is 11.5 Å². The lowest BCUT2D eigenvalue weighted by Gasteiger charge is -2.10. The lowest BCUT2D eigenvalue weighted by Crippen LogP contribution is -2.10. The smallest absolute Gasteiger partial charge is 0.308 e. The number of halogens is 1. The minimum absolute atomic E-state index is 0.0283. The molecule has 8 nitrogen and oxygen atoms in total. The van der Waals surface area contributed by atoms with E-state index in [9.17, 15) is 18.8 Å². The second-order valence-corrected chi connectivity index (χ2v) is 7.02. The average molecular weight is 448 g/mol. The molecule has 4 aromatic rings. The highest BCUT2D eigenvalue weighted by Crippen LogP contribution is 2.32. The number of hydrogen-bond donors (Lipinski definition) is 1. The van der Waals surface area contributed by atoms with Gasteiger partial charge in [-0.3, -0.25) is 19.8 Å². The number of fused-ring (bicyclic) bond motifs is 2. The van der Waals surface area contributed by atoms with Crippen LogP contribution in [0.1, 0.15) is 19.4 Å². The first-order valence-corrected chi connectivity index (χ1v) is 9.77. The third-order valence-corrected chi connectivity index (χ3v) is 4.51. The number of esters is 2. The van der Waals surface area contributed by atoms with Gasteiger partial charge in [-0.05, 0) is 30.3 Å². The van der Waals surface area contributed by atoms with Crippen LogP contribution in [-0.4, -0.2) is 18.2 Å². The van der Waals surface area contributed by atoms with Crippen LogP contribution in [0.15, 0.2) is 68.9 Å². The quantitative estimate of drug-likeness (QED) is 0.159. The fourth-order valence-corrected chi connectivity index (χ4v) is 3.26. The van der Waals surface area contributed by atoms with Crippen LogP contribution in [0, 0.1) is 5.82 Å². The van der Waals surface area contributed by atoms with Crippen molar-refractivity contribution in [3.8, 4) is 11.5 Å². The molecule has 4 rings (SSSR count). The van der Waals surface area contributed by atoms with E-state index in [0.29, 0.717) is 11.3 Å². The molecule has 0 aliphatic heterocycles. The second kappa shape index (κ2) is 8.91. The molecule has 0 bridgehead atoms. The second-order valence-electron chi connectivity index (χ2n) is 7.02. The molecule has 0 saturated heterocycles. The lowest BCUT2D eigenvalue weighted by atomic mass is 10.1. The molecule has 0 amide bonds. The highest BCUT2D eigenvalue weighted by molar-refractivity contribution is 6.01. The van der Waals surface area contributed by atoms with Crippen LogP contribution in [0.2, 0.25) is 0 Å². The van der Waals surface area contributed by atoms with Crippen LogP contribution < -0.4 is 20.3 Å². The van der Waals surface area contributed by atoms with Gasteiger partial charge >= 0.3 is 11.9 Å². The molecule has 0 spiro atoms. The minimum atomic E-state index is -0.653. The minimum Gasteiger partial charge on any atom is -0.455 e. The molecule has 166 valence electrons. The van der Waals surface area contributed by atoms with E-state index in [1.165, 1.54) is 50.4 Å². The lowest BCUT2D eigenvalue weighted by molar-refractivity contribution is -0.132. The molecule has 1 N–H and O–H groups in total. The monoisotopic (exact) mass is 448 g/mol. The number of hydrogen-bond acceptors (Lipinski definition) is 8. The van der Waals surface area contributed by atoms with E-state index >= 15 is 0 Å². The van der Waals surface area contributed by atoms with Crippen LogP contribution >= 0.6 is 0 Å². The Morgan fingerprint density at radius 2 is 1.79 bits per heavy atom. The van der Waals surface area contributed by atoms with Gasteiger partial charge in [0.2, 0.25) is 5.43 Å². The van der Waals surface area contributed by atoms with Crippen LogP contribution in [0.3, 0.4) is 0 Å². The van der Waals surface area contributed by atoms with Gasteiger partial charge in [0.25, 0.3) is 0 Å². The van der Waals surface area contributed by atoms with Crippen molar-refractivity contribution in [3.05, 3.63) is 76.2 Å². The predicted octanol–water partition coefficient (Wildman–Crippen LogP) is 4.38. The molecule has 0 aliphatic carbocycles. The zero-order chi connectivity index (χ0) is 23.5.